The van der Waals surface area contributed by atoms with Gasteiger partial charge in [0.05, 0.1) is 12.3 Å². The van der Waals surface area contributed by atoms with E-state index in [-0.39, 0.29) is 11.7 Å². The third kappa shape index (κ3) is 3.74. The first-order valence-corrected chi connectivity index (χ1v) is 9.14. The average molecular weight is 372 g/mol. The Morgan fingerprint density at radius 3 is 2.32 bits per heavy atom. The maximum Gasteiger partial charge on any atom is 0.271 e. The van der Waals surface area contributed by atoms with Gasteiger partial charge in [-0.05, 0) is 29.8 Å². The molecular formula is C23H20N2O3. The first-order chi connectivity index (χ1) is 13.7. The minimum absolute atomic E-state index is 0.127. The van der Waals surface area contributed by atoms with E-state index in [0.29, 0.717) is 24.2 Å². The summed E-state index contributed by atoms with van der Waals surface area (Å²) in [6, 6.07) is 26.3. The first-order valence-electron chi connectivity index (χ1n) is 9.14. The van der Waals surface area contributed by atoms with Gasteiger partial charge in [0.2, 0.25) is 6.10 Å². The fourth-order valence-corrected chi connectivity index (χ4v) is 3.23. The van der Waals surface area contributed by atoms with Gasteiger partial charge in [-0.2, -0.15) is 0 Å². The SMILES string of the molecule is O=C([C@H]1CC(c2ccccc2O)=NO1)N(Cc1ccccc1)c1ccccc1. The van der Waals surface area contributed by atoms with Crippen molar-refractivity contribution in [2.75, 3.05) is 4.90 Å². The van der Waals surface area contributed by atoms with E-state index in [4.69, 9.17) is 4.84 Å². The number of aromatic hydroxyl groups is 1. The average Bonchev–Trinajstić information content (AvgIpc) is 3.23. The minimum Gasteiger partial charge on any atom is -0.507 e. The van der Waals surface area contributed by atoms with Gasteiger partial charge in [0, 0.05) is 17.7 Å². The van der Waals surface area contributed by atoms with Crippen LogP contribution in [0.15, 0.2) is 90.1 Å². The first kappa shape index (κ1) is 17.8. The lowest BCUT2D eigenvalue weighted by atomic mass is 10.0. The van der Waals surface area contributed by atoms with E-state index in [9.17, 15) is 9.90 Å². The van der Waals surface area contributed by atoms with Crippen molar-refractivity contribution in [2.45, 2.75) is 19.1 Å². The quantitative estimate of drug-likeness (QED) is 0.733. The number of anilines is 1. The summed E-state index contributed by atoms with van der Waals surface area (Å²) in [5, 5.41) is 14.1. The second-order valence-electron chi connectivity index (χ2n) is 6.60. The number of hydrogen-bond donors (Lipinski definition) is 1. The van der Waals surface area contributed by atoms with Crippen LogP contribution in [-0.2, 0) is 16.2 Å². The van der Waals surface area contributed by atoms with Gasteiger partial charge >= 0.3 is 0 Å². The van der Waals surface area contributed by atoms with Gasteiger partial charge in [0.1, 0.15) is 5.75 Å². The van der Waals surface area contributed by atoms with Crippen molar-refractivity contribution in [1.82, 2.24) is 0 Å². The van der Waals surface area contributed by atoms with Crippen LogP contribution in [0.1, 0.15) is 17.5 Å². The lowest BCUT2D eigenvalue weighted by Gasteiger charge is -2.25. The second kappa shape index (κ2) is 7.96. The van der Waals surface area contributed by atoms with Crippen molar-refractivity contribution in [3.05, 3.63) is 96.1 Å². The Kier molecular flexibility index (Phi) is 5.06. The number of amides is 1. The van der Waals surface area contributed by atoms with Crippen LogP contribution in [0.25, 0.3) is 0 Å². The normalized spacial score (nSPS) is 15.6. The van der Waals surface area contributed by atoms with Gasteiger partial charge in [-0.25, -0.2) is 0 Å². The molecule has 0 saturated carbocycles. The van der Waals surface area contributed by atoms with Crippen molar-refractivity contribution in [3.63, 3.8) is 0 Å². The monoisotopic (exact) mass is 372 g/mol. The molecule has 1 amide bonds. The predicted molar refractivity (Wildman–Crippen MR) is 108 cm³/mol. The number of carbonyl (C=O) groups is 1. The van der Waals surface area contributed by atoms with Gasteiger partial charge < -0.3 is 14.8 Å². The summed E-state index contributed by atoms with van der Waals surface area (Å²) in [6.07, 6.45) is -0.410. The fourth-order valence-electron chi connectivity index (χ4n) is 3.23. The van der Waals surface area contributed by atoms with Gasteiger partial charge in [-0.1, -0.05) is 65.8 Å². The largest absolute Gasteiger partial charge is 0.507 e. The molecular weight excluding hydrogens is 352 g/mol. The highest BCUT2D eigenvalue weighted by molar-refractivity contribution is 6.08. The standard InChI is InChI=1S/C23H20N2O3/c26-21-14-8-7-13-19(21)20-15-22(28-24-20)23(27)25(18-11-5-2-6-12-18)16-17-9-3-1-4-10-17/h1-14,22,26H,15-16H2/t22-/m1/s1. The molecule has 0 bridgehead atoms. The fraction of sp³-hybridized carbons (Fsp3) is 0.130. The molecule has 1 heterocycles. The minimum atomic E-state index is -0.724. The van der Waals surface area contributed by atoms with Crippen LogP contribution in [0.5, 0.6) is 5.75 Å². The zero-order chi connectivity index (χ0) is 19.3. The van der Waals surface area contributed by atoms with Gasteiger partial charge in [-0.15, -0.1) is 0 Å². The second-order valence-corrected chi connectivity index (χ2v) is 6.60. The maximum atomic E-state index is 13.3. The highest BCUT2D eigenvalue weighted by Crippen LogP contribution is 2.26. The smallest absolute Gasteiger partial charge is 0.271 e. The van der Waals surface area contributed by atoms with Crippen LogP contribution >= 0.6 is 0 Å². The Labute approximate surface area is 163 Å². The molecule has 5 nitrogen and oxygen atoms in total. The summed E-state index contributed by atoms with van der Waals surface area (Å²) >= 11 is 0. The zero-order valence-electron chi connectivity index (χ0n) is 15.2. The molecule has 28 heavy (non-hydrogen) atoms. The van der Waals surface area contributed by atoms with Crippen LogP contribution in [-0.4, -0.2) is 22.8 Å². The van der Waals surface area contributed by atoms with Crippen molar-refractivity contribution in [3.8, 4) is 5.75 Å². The summed E-state index contributed by atoms with van der Waals surface area (Å²) in [5.41, 5.74) is 2.99. The summed E-state index contributed by atoms with van der Waals surface area (Å²) in [6.45, 7) is 0.440. The molecule has 1 aliphatic heterocycles. The number of carbonyl (C=O) groups excluding carboxylic acids is 1. The third-order valence-electron chi connectivity index (χ3n) is 4.68. The van der Waals surface area contributed by atoms with Crippen LogP contribution in [0.3, 0.4) is 0 Å². The molecule has 1 N–H and O–H groups in total. The van der Waals surface area contributed by atoms with Crippen LogP contribution in [0.4, 0.5) is 5.69 Å². The Bertz CT molecular complexity index is 987. The van der Waals surface area contributed by atoms with Crippen molar-refractivity contribution >= 4 is 17.3 Å². The van der Waals surface area contributed by atoms with Crippen molar-refractivity contribution in [1.29, 1.82) is 0 Å². The summed E-state index contributed by atoms with van der Waals surface area (Å²) < 4.78 is 0. The summed E-state index contributed by atoms with van der Waals surface area (Å²) in [5.74, 6) is -0.0358. The van der Waals surface area contributed by atoms with Crippen LogP contribution < -0.4 is 4.90 Å². The van der Waals surface area contributed by atoms with E-state index in [2.05, 4.69) is 5.16 Å². The molecule has 5 heteroatoms. The van der Waals surface area contributed by atoms with Gasteiger partial charge in [-0.3, -0.25) is 4.79 Å². The number of nitrogens with zero attached hydrogens (tertiary/aromatic N) is 2. The Morgan fingerprint density at radius 2 is 1.61 bits per heavy atom. The van der Waals surface area contributed by atoms with E-state index >= 15 is 0 Å². The topological polar surface area (TPSA) is 62.1 Å². The molecule has 0 aromatic heterocycles. The van der Waals surface area contributed by atoms with Crippen LogP contribution in [0.2, 0.25) is 0 Å². The predicted octanol–water partition coefficient (Wildman–Crippen LogP) is 4.12. The van der Waals surface area contributed by atoms with E-state index in [1.165, 1.54) is 0 Å². The lowest BCUT2D eigenvalue weighted by molar-refractivity contribution is -0.128. The molecule has 0 radical (unpaired) electrons. The van der Waals surface area contributed by atoms with Crippen LogP contribution in [0, 0.1) is 0 Å². The molecule has 0 fully saturated rings. The Morgan fingerprint density at radius 1 is 0.964 bits per heavy atom. The molecule has 0 aliphatic carbocycles. The van der Waals surface area contributed by atoms with Gasteiger partial charge in [0.15, 0.2) is 0 Å². The maximum absolute atomic E-state index is 13.3. The van der Waals surface area contributed by atoms with Gasteiger partial charge in [0.25, 0.3) is 5.91 Å². The number of rotatable bonds is 5. The molecule has 0 unspecified atom stereocenters. The lowest BCUT2D eigenvalue weighted by Crippen LogP contribution is -2.39. The van der Waals surface area contributed by atoms with E-state index < -0.39 is 6.10 Å². The van der Waals surface area contributed by atoms with Crippen molar-refractivity contribution in [2.24, 2.45) is 5.16 Å². The molecule has 3 aromatic rings. The molecule has 0 saturated heterocycles. The number of para-hydroxylation sites is 2. The summed E-state index contributed by atoms with van der Waals surface area (Å²) in [7, 11) is 0. The van der Waals surface area contributed by atoms with Crippen molar-refractivity contribution < 1.29 is 14.7 Å². The molecule has 1 atom stereocenters. The van der Waals surface area contributed by atoms with E-state index in [1.807, 2.05) is 66.7 Å². The number of phenols is 1. The number of hydrogen-bond acceptors (Lipinski definition) is 4. The Balaban J connectivity index is 1.56. The Hall–Kier alpha value is -3.60. The highest BCUT2D eigenvalue weighted by Gasteiger charge is 2.33. The molecule has 1 aliphatic rings. The van der Waals surface area contributed by atoms with E-state index in [0.717, 1.165) is 11.3 Å². The third-order valence-corrected chi connectivity index (χ3v) is 4.68. The molecule has 140 valence electrons. The summed E-state index contributed by atoms with van der Waals surface area (Å²) in [4.78, 5) is 20.5. The number of phenolic OH excluding ortho intramolecular Hbond substituents is 1. The number of benzene rings is 3. The molecule has 0 spiro atoms. The van der Waals surface area contributed by atoms with E-state index in [1.54, 1.807) is 23.1 Å². The molecule has 3 aromatic carbocycles. The number of oxime groups is 1. The molecule has 4 rings (SSSR count). The highest BCUT2D eigenvalue weighted by atomic mass is 16.6. The zero-order valence-corrected chi connectivity index (χ0v) is 15.2.